The minimum atomic E-state index is -0.246. The largest absolute Gasteiger partial charge is 0.271 e. The van der Waals surface area contributed by atoms with Crippen LogP contribution in [0.15, 0.2) is 34.3 Å². The molecule has 0 aliphatic heterocycles. The average Bonchev–Trinajstić information content (AvgIpc) is 2.64. The summed E-state index contributed by atoms with van der Waals surface area (Å²) < 4.78 is 13.7. The van der Waals surface area contributed by atoms with Crippen LogP contribution >= 0.6 is 15.9 Å². The summed E-state index contributed by atoms with van der Waals surface area (Å²) in [4.78, 5) is 0. The third-order valence-electron chi connectivity index (χ3n) is 3.39. The number of benzene rings is 1. The molecule has 0 heterocycles. The van der Waals surface area contributed by atoms with Gasteiger partial charge in [0.05, 0.1) is 10.5 Å². The fourth-order valence-corrected chi connectivity index (χ4v) is 2.81. The van der Waals surface area contributed by atoms with E-state index in [0.29, 0.717) is 4.47 Å². The zero-order chi connectivity index (χ0) is 13.0. The molecule has 0 fully saturated rings. The smallest absolute Gasteiger partial charge is 0.137 e. The summed E-state index contributed by atoms with van der Waals surface area (Å²) in [6.45, 7) is 0. The summed E-state index contributed by atoms with van der Waals surface area (Å²) >= 11 is 3.22. The highest BCUT2D eigenvalue weighted by atomic mass is 79.9. The number of rotatable bonds is 3. The van der Waals surface area contributed by atoms with E-state index < -0.39 is 0 Å². The Morgan fingerprint density at radius 2 is 2.11 bits per heavy atom. The molecule has 1 atom stereocenters. The van der Waals surface area contributed by atoms with Crippen LogP contribution in [0.3, 0.4) is 0 Å². The number of hydrazine groups is 1. The van der Waals surface area contributed by atoms with Gasteiger partial charge in [0.2, 0.25) is 0 Å². The summed E-state index contributed by atoms with van der Waals surface area (Å²) in [6, 6.07) is 5.04. The van der Waals surface area contributed by atoms with Gasteiger partial charge in [-0.3, -0.25) is 5.84 Å². The Hall–Kier alpha value is -0.710. The van der Waals surface area contributed by atoms with E-state index >= 15 is 0 Å². The molecule has 1 aromatic rings. The Morgan fingerprint density at radius 1 is 1.28 bits per heavy atom. The van der Waals surface area contributed by atoms with E-state index in [4.69, 9.17) is 5.84 Å². The van der Waals surface area contributed by atoms with Crippen molar-refractivity contribution in [1.82, 2.24) is 5.43 Å². The molecule has 0 radical (unpaired) electrons. The molecule has 1 aromatic carbocycles. The number of hydrogen-bond donors (Lipinski definition) is 2. The van der Waals surface area contributed by atoms with E-state index in [-0.39, 0.29) is 11.9 Å². The van der Waals surface area contributed by atoms with E-state index in [9.17, 15) is 4.39 Å². The number of hydrogen-bond acceptors (Lipinski definition) is 2. The van der Waals surface area contributed by atoms with E-state index in [1.807, 2.05) is 0 Å². The lowest BCUT2D eigenvalue weighted by molar-refractivity contribution is 0.586. The van der Waals surface area contributed by atoms with E-state index in [1.54, 1.807) is 12.1 Å². The van der Waals surface area contributed by atoms with Crippen LogP contribution in [-0.2, 0) is 0 Å². The lowest BCUT2D eigenvalue weighted by Gasteiger charge is -2.20. The summed E-state index contributed by atoms with van der Waals surface area (Å²) in [6.07, 6.45) is 8.15. The Kier molecular flexibility index (Phi) is 4.92. The first-order valence-electron chi connectivity index (χ1n) is 6.32. The second kappa shape index (κ2) is 6.45. The van der Waals surface area contributed by atoms with Gasteiger partial charge >= 0.3 is 0 Å². The molecular weight excluding hydrogens is 295 g/mol. The maximum Gasteiger partial charge on any atom is 0.137 e. The van der Waals surface area contributed by atoms with Crippen molar-refractivity contribution in [3.8, 4) is 0 Å². The van der Waals surface area contributed by atoms with Crippen molar-refractivity contribution in [2.24, 2.45) is 5.84 Å². The number of nitrogens with one attached hydrogen (secondary N) is 1. The van der Waals surface area contributed by atoms with Gasteiger partial charge in [0.15, 0.2) is 0 Å². The first kappa shape index (κ1) is 13.7. The van der Waals surface area contributed by atoms with Gasteiger partial charge in [0, 0.05) is 0 Å². The second-order valence-corrected chi connectivity index (χ2v) is 5.51. The Balaban J connectivity index is 2.26. The number of halogens is 2. The van der Waals surface area contributed by atoms with Crippen LogP contribution in [0.5, 0.6) is 0 Å². The molecule has 0 amide bonds. The van der Waals surface area contributed by atoms with Crippen LogP contribution < -0.4 is 11.3 Å². The average molecular weight is 313 g/mol. The zero-order valence-corrected chi connectivity index (χ0v) is 11.8. The maximum absolute atomic E-state index is 13.3. The molecule has 0 aromatic heterocycles. The van der Waals surface area contributed by atoms with Crippen molar-refractivity contribution < 1.29 is 4.39 Å². The number of allylic oxidation sites excluding steroid dienone is 1. The topological polar surface area (TPSA) is 38.0 Å². The second-order valence-electron chi connectivity index (χ2n) is 4.65. The quantitative estimate of drug-likeness (QED) is 0.503. The van der Waals surface area contributed by atoms with Crippen molar-refractivity contribution >= 4 is 15.9 Å². The molecule has 3 N–H and O–H groups in total. The highest BCUT2D eigenvalue weighted by Gasteiger charge is 2.17. The molecule has 0 saturated heterocycles. The van der Waals surface area contributed by atoms with Gasteiger partial charge in [-0.1, -0.05) is 24.1 Å². The summed E-state index contributed by atoms with van der Waals surface area (Å²) in [5, 5.41) is 0. The highest BCUT2D eigenvalue weighted by Crippen LogP contribution is 2.30. The lowest BCUT2D eigenvalue weighted by Crippen LogP contribution is -2.29. The van der Waals surface area contributed by atoms with Gasteiger partial charge in [-0.05, 0) is 59.3 Å². The molecule has 18 heavy (non-hydrogen) atoms. The van der Waals surface area contributed by atoms with Crippen LogP contribution in [0.2, 0.25) is 0 Å². The van der Waals surface area contributed by atoms with Crippen molar-refractivity contribution in [1.29, 1.82) is 0 Å². The predicted octanol–water partition coefficient (Wildman–Crippen LogP) is 3.98. The van der Waals surface area contributed by atoms with Crippen LogP contribution in [-0.4, -0.2) is 0 Å². The molecule has 0 spiro atoms. The van der Waals surface area contributed by atoms with E-state index in [1.165, 1.54) is 30.9 Å². The summed E-state index contributed by atoms with van der Waals surface area (Å²) in [7, 11) is 0. The molecule has 0 saturated carbocycles. The molecular formula is C14H18BrFN2. The summed E-state index contributed by atoms with van der Waals surface area (Å²) in [5.74, 6) is 5.43. The molecule has 0 bridgehead atoms. The highest BCUT2D eigenvalue weighted by molar-refractivity contribution is 9.10. The third-order valence-corrected chi connectivity index (χ3v) is 4.00. The van der Waals surface area contributed by atoms with Gasteiger partial charge in [-0.15, -0.1) is 0 Å². The first-order chi connectivity index (χ1) is 8.72. The minimum absolute atomic E-state index is 0.0139. The monoisotopic (exact) mass is 312 g/mol. The van der Waals surface area contributed by atoms with E-state index in [0.717, 1.165) is 18.4 Å². The molecule has 2 rings (SSSR count). The van der Waals surface area contributed by atoms with Gasteiger partial charge in [-0.2, -0.15) is 0 Å². The van der Waals surface area contributed by atoms with Gasteiger partial charge < -0.3 is 0 Å². The Labute approximate surface area is 116 Å². The maximum atomic E-state index is 13.3. The van der Waals surface area contributed by atoms with Crippen molar-refractivity contribution in [3.05, 3.63) is 45.7 Å². The van der Waals surface area contributed by atoms with Gasteiger partial charge in [-0.25, -0.2) is 9.82 Å². The predicted molar refractivity (Wildman–Crippen MR) is 75.3 cm³/mol. The molecule has 1 aliphatic carbocycles. The minimum Gasteiger partial charge on any atom is -0.271 e. The molecule has 2 nitrogen and oxygen atoms in total. The van der Waals surface area contributed by atoms with Gasteiger partial charge in [0.25, 0.3) is 0 Å². The summed E-state index contributed by atoms with van der Waals surface area (Å²) in [5.41, 5.74) is 5.16. The Bertz CT molecular complexity index is 445. The van der Waals surface area contributed by atoms with Crippen LogP contribution in [0.4, 0.5) is 4.39 Å². The fraction of sp³-hybridized carbons (Fsp3) is 0.429. The third kappa shape index (κ3) is 3.19. The Morgan fingerprint density at radius 3 is 2.83 bits per heavy atom. The lowest BCUT2D eigenvalue weighted by atomic mass is 9.96. The SMILES string of the molecule is NNC(C1=CCCCCC1)c1ccc(F)c(Br)c1. The normalized spacial score (nSPS) is 18.1. The zero-order valence-electron chi connectivity index (χ0n) is 10.3. The molecule has 4 heteroatoms. The molecule has 1 aliphatic rings. The molecule has 98 valence electrons. The van der Waals surface area contributed by atoms with Crippen molar-refractivity contribution in [2.75, 3.05) is 0 Å². The number of nitrogens with two attached hydrogens (primary N) is 1. The van der Waals surface area contributed by atoms with Gasteiger partial charge in [0.1, 0.15) is 5.82 Å². The standard InChI is InChI=1S/C14H18BrFN2/c15-12-9-11(7-8-13(12)16)14(18-17)10-5-3-1-2-4-6-10/h5,7-9,14,18H,1-4,6,17H2. The molecule has 1 unspecified atom stereocenters. The van der Waals surface area contributed by atoms with Crippen LogP contribution in [0, 0.1) is 5.82 Å². The van der Waals surface area contributed by atoms with Crippen LogP contribution in [0.1, 0.15) is 43.7 Å². The fourth-order valence-electron chi connectivity index (χ4n) is 2.41. The van der Waals surface area contributed by atoms with Crippen molar-refractivity contribution in [2.45, 2.75) is 38.1 Å². The van der Waals surface area contributed by atoms with E-state index in [2.05, 4.69) is 27.4 Å². The van der Waals surface area contributed by atoms with Crippen molar-refractivity contribution in [3.63, 3.8) is 0 Å². The van der Waals surface area contributed by atoms with Crippen LogP contribution in [0.25, 0.3) is 0 Å². The first-order valence-corrected chi connectivity index (χ1v) is 7.11.